The summed E-state index contributed by atoms with van der Waals surface area (Å²) in [4.78, 5) is 13.6. The van der Waals surface area contributed by atoms with Gasteiger partial charge in [0.25, 0.3) is 0 Å². The Hall–Kier alpha value is -1.35. The minimum Gasteiger partial charge on any atom is -0.478 e. The van der Waals surface area contributed by atoms with E-state index in [1.54, 1.807) is 6.07 Å². The van der Waals surface area contributed by atoms with E-state index in [2.05, 4.69) is 31.7 Å². The van der Waals surface area contributed by atoms with Crippen LogP contribution in [0.15, 0.2) is 24.3 Å². The van der Waals surface area contributed by atoms with Crippen LogP contribution in [0.4, 0.5) is 0 Å². The average molecular weight is 261 g/mol. The number of aromatic carboxylic acids is 1. The number of carboxylic acid groups (broad SMARTS) is 1. The third kappa shape index (κ3) is 3.16. The molecule has 1 N–H and O–H groups in total. The predicted octanol–water partition coefficient (Wildman–Crippen LogP) is 3.71. The summed E-state index contributed by atoms with van der Waals surface area (Å²) in [6.45, 7) is 7.77. The lowest BCUT2D eigenvalue weighted by Crippen LogP contribution is -2.46. The molecule has 1 aliphatic heterocycles. The Morgan fingerprint density at radius 3 is 2.68 bits per heavy atom. The molecule has 0 saturated carbocycles. The quantitative estimate of drug-likeness (QED) is 0.882. The third-order valence-electron chi connectivity index (χ3n) is 3.88. The number of rotatable bonds is 2. The first-order chi connectivity index (χ1) is 8.89. The number of piperidine rings is 1. The van der Waals surface area contributed by atoms with Crippen molar-refractivity contribution in [1.82, 2.24) is 4.90 Å². The van der Waals surface area contributed by atoms with E-state index >= 15 is 0 Å². The number of hydrogen-bond donors (Lipinski definition) is 1. The van der Waals surface area contributed by atoms with Gasteiger partial charge in [-0.05, 0) is 57.9 Å². The summed E-state index contributed by atoms with van der Waals surface area (Å²) in [7, 11) is 0. The van der Waals surface area contributed by atoms with Crippen LogP contribution in [-0.2, 0) is 0 Å². The molecular weight excluding hydrogens is 238 g/mol. The number of hydrogen-bond acceptors (Lipinski definition) is 2. The molecule has 1 saturated heterocycles. The van der Waals surface area contributed by atoms with Crippen LogP contribution in [0, 0.1) is 0 Å². The van der Waals surface area contributed by atoms with Crippen molar-refractivity contribution < 1.29 is 9.90 Å². The van der Waals surface area contributed by atoms with E-state index < -0.39 is 5.97 Å². The lowest BCUT2D eigenvalue weighted by molar-refractivity contribution is 0.0508. The molecule has 1 aromatic rings. The van der Waals surface area contributed by atoms with E-state index in [4.69, 9.17) is 5.11 Å². The Labute approximate surface area is 115 Å². The van der Waals surface area contributed by atoms with Gasteiger partial charge in [0.05, 0.1) is 5.56 Å². The molecule has 1 unspecified atom stereocenters. The van der Waals surface area contributed by atoms with Crippen molar-refractivity contribution in [2.45, 2.75) is 51.6 Å². The van der Waals surface area contributed by atoms with Gasteiger partial charge in [0.1, 0.15) is 0 Å². The monoisotopic (exact) mass is 261 g/mol. The fourth-order valence-corrected chi connectivity index (χ4v) is 2.96. The maximum Gasteiger partial charge on any atom is 0.335 e. The van der Waals surface area contributed by atoms with E-state index in [1.165, 1.54) is 12.8 Å². The molecule has 1 heterocycles. The van der Waals surface area contributed by atoms with Crippen molar-refractivity contribution in [1.29, 1.82) is 0 Å². The molecule has 0 amide bonds. The number of carboxylic acids is 1. The average Bonchev–Trinajstić information content (AvgIpc) is 2.38. The maximum atomic E-state index is 11.1. The van der Waals surface area contributed by atoms with E-state index in [0.717, 1.165) is 18.5 Å². The highest BCUT2D eigenvalue weighted by molar-refractivity contribution is 5.87. The van der Waals surface area contributed by atoms with Gasteiger partial charge >= 0.3 is 5.97 Å². The summed E-state index contributed by atoms with van der Waals surface area (Å²) < 4.78 is 0. The molecular formula is C16H23NO2. The number of likely N-dealkylation sites (tertiary alicyclic amines) is 1. The molecule has 3 nitrogen and oxygen atoms in total. The van der Waals surface area contributed by atoms with Crippen molar-refractivity contribution in [3.05, 3.63) is 35.4 Å². The summed E-state index contributed by atoms with van der Waals surface area (Å²) in [6.07, 6.45) is 3.56. The van der Waals surface area contributed by atoms with E-state index in [1.807, 2.05) is 12.1 Å². The molecule has 2 rings (SSSR count). The topological polar surface area (TPSA) is 40.5 Å². The Bertz CT molecular complexity index is 462. The van der Waals surface area contributed by atoms with Gasteiger partial charge in [-0.3, -0.25) is 4.90 Å². The van der Waals surface area contributed by atoms with Gasteiger partial charge in [-0.15, -0.1) is 0 Å². The second-order valence-corrected chi connectivity index (χ2v) is 6.31. The highest BCUT2D eigenvalue weighted by Gasteiger charge is 2.32. The van der Waals surface area contributed by atoms with E-state index in [0.29, 0.717) is 11.6 Å². The van der Waals surface area contributed by atoms with Gasteiger partial charge in [-0.25, -0.2) is 4.79 Å². The lowest BCUT2D eigenvalue weighted by atomic mass is 9.89. The fourth-order valence-electron chi connectivity index (χ4n) is 2.96. The van der Waals surface area contributed by atoms with Crippen LogP contribution in [0.2, 0.25) is 0 Å². The van der Waals surface area contributed by atoms with Gasteiger partial charge in [0, 0.05) is 11.6 Å². The normalized spacial score (nSPS) is 21.3. The molecule has 1 aliphatic rings. The molecule has 104 valence electrons. The van der Waals surface area contributed by atoms with Crippen LogP contribution in [-0.4, -0.2) is 28.1 Å². The van der Waals surface area contributed by atoms with E-state index in [-0.39, 0.29) is 5.54 Å². The van der Waals surface area contributed by atoms with Crippen LogP contribution >= 0.6 is 0 Å². The summed E-state index contributed by atoms with van der Waals surface area (Å²) in [5.41, 5.74) is 1.64. The Kier molecular flexibility index (Phi) is 3.95. The number of nitrogens with zero attached hydrogens (tertiary/aromatic N) is 1. The molecule has 0 bridgehead atoms. The highest BCUT2D eigenvalue weighted by atomic mass is 16.4. The summed E-state index contributed by atoms with van der Waals surface area (Å²) in [5.74, 6) is -0.847. The van der Waals surface area contributed by atoms with Crippen molar-refractivity contribution in [2.75, 3.05) is 6.54 Å². The van der Waals surface area contributed by atoms with Crippen LogP contribution in [0.3, 0.4) is 0 Å². The van der Waals surface area contributed by atoms with Crippen molar-refractivity contribution in [3.63, 3.8) is 0 Å². The van der Waals surface area contributed by atoms with E-state index in [9.17, 15) is 4.79 Å². The summed E-state index contributed by atoms with van der Waals surface area (Å²) >= 11 is 0. The molecule has 0 aliphatic carbocycles. The lowest BCUT2D eigenvalue weighted by Gasteiger charge is -2.45. The van der Waals surface area contributed by atoms with Crippen LogP contribution in [0.5, 0.6) is 0 Å². The largest absolute Gasteiger partial charge is 0.478 e. The fraction of sp³-hybridized carbons (Fsp3) is 0.562. The standard InChI is InChI=1S/C16H23NO2/c1-16(2,3)17-10-5-4-9-14(17)12-7-6-8-13(11-12)15(18)19/h6-8,11,14H,4-5,9-10H2,1-3H3,(H,18,19). The molecule has 1 fully saturated rings. The van der Waals surface area contributed by atoms with Crippen molar-refractivity contribution >= 4 is 5.97 Å². The second kappa shape index (κ2) is 5.33. The Morgan fingerprint density at radius 1 is 1.32 bits per heavy atom. The molecule has 1 aromatic carbocycles. The van der Waals surface area contributed by atoms with Gasteiger partial charge in [-0.1, -0.05) is 18.6 Å². The second-order valence-electron chi connectivity index (χ2n) is 6.31. The molecule has 19 heavy (non-hydrogen) atoms. The summed E-state index contributed by atoms with van der Waals surface area (Å²) in [5, 5.41) is 9.12. The highest BCUT2D eigenvalue weighted by Crippen LogP contribution is 2.36. The van der Waals surface area contributed by atoms with Crippen LogP contribution in [0.25, 0.3) is 0 Å². The minimum absolute atomic E-state index is 0.115. The first-order valence-corrected chi connectivity index (χ1v) is 6.99. The smallest absolute Gasteiger partial charge is 0.335 e. The Morgan fingerprint density at radius 2 is 2.05 bits per heavy atom. The Balaban J connectivity index is 2.32. The van der Waals surface area contributed by atoms with Crippen LogP contribution in [0.1, 0.15) is 62.0 Å². The van der Waals surface area contributed by atoms with Crippen molar-refractivity contribution in [3.8, 4) is 0 Å². The molecule has 0 spiro atoms. The van der Waals surface area contributed by atoms with Gasteiger partial charge in [0.2, 0.25) is 0 Å². The van der Waals surface area contributed by atoms with Gasteiger partial charge in [0.15, 0.2) is 0 Å². The van der Waals surface area contributed by atoms with Gasteiger partial charge in [-0.2, -0.15) is 0 Å². The van der Waals surface area contributed by atoms with Crippen molar-refractivity contribution in [2.24, 2.45) is 0 Å². The zero-order chi connectivity index (χ0) is 14.0. The summed E-state index contributed by atoms with van der Waals surface area (Å²) in [6, 6.07) is 7.75. The molecule has 0 radical (unpaired) electrons. The minimum atomic E-state index is -0.847. The van der Waals surface area contributed by atoms with Gasteiger partial charge < -0.3 is 5.11 Å². The first kappa shape index (κ1) is 14.1. The zero-order valence-corrected chi connectivity index (χ0v) is 12.0. The third-order valence-corrected chi connectivity index (χ3v) is 3.88. The number of carbonyl (C=O) groups is 1. The molecule has 1 atom stereocenters. The SMILES string of the molecule is CC(C)(C)N1CCCCC1c1cccc(C(=O)O)c1. The van der Waals surface area contributed by atoms with Crippen LogP contribution < -0.4 is 0 Å². The maximum absolute atomic E-state index is 11.1. The molecule has 0 aromatic heterocycles. The first-order valence-electron chi connectivity index (χ1n) is 6.99. The predicted molar refractivity (Wildman–Crippen MR) is 76.5 cm³/mol. The molecule has 3 heteroatoms. The zero-order valence-electron chi connectivity index (χ0n) is 12.0. The number of benzene rings is 1.